The molecule has 2 rings (SSSR count). The molecule has 0 bridgehead atoms. The van der Waals surface area contributed by atoms with Crippen LogP contribution in [-0.2, 0) is 11.2 Å². The van der Waals surface area contributed by atoms with Crippen molar-refractivity contribution in [2.24, 2.45) is 5.92 Å². The first-order chi connectivity index (χ1) is 9.13. The molecule has 0 amide bonds. The van der Waals surface area contributed by atoms with Gasteiger partial charge in [-0.3, -0.25) is 9.69 Å². The first-order valence-corrected chi connectivity index (χ1v) is 7.18. The van der Waals surface area contributed by atoms with Crippen LogP contribution in [-0.4, -0.2) is 29.1 Å². The second-order valence-corrected chi connectivity index (χ2v) is 5.44. The SMILES string of the molecule is CCc1ccc(C(CC)N2CC(CC(=O)O)C2)cc1. The number of nitrogens with zero attached hydrogens (tertiary/aromatic N) is 1. The van der Waals surface area contributed by atoms with Crippen molar-refractivity contribution in [2.45, 2.75) is 39.2 Å². The van der Waals surface area contributed by atoms with Crippen LogP contribution in [0.1, 0.15) is 43.9 Å². The molecule has 1 heterocycles. The Kier molecular flexibility index (Phi) is 4.59. The number of rotatable bonds is 6. The van der Waals surface area contributed by atoms with Crippen LogP contribution >= 0.6 is 0 Å². The maximum absolute atomic E-state index is 10.7. The molecule has 1 fully saturated rings. The minimum atomic E-state index is -0.676. The molecule has 104 valence electrons. The normalized spacial score (nSPS) is 18.0. The Morgan fingerprint density at radius 2 is 1.95 bits per heavy atom. The highest BCUT2D eigenvalue weighted by molar-refractivity contribution is 5.67. The molecule has 1 aromatic carbocycles. The molecule has 3 nitrogen and oxygen atoms in total. The van der Waals surface area contributed by atoms with E-state index in [1.165, 1.54) is 11.1 Å². The molecule has 0 aromatic heterocycles. The Morgan fingerprint density at radius 1 is 1.32 bits per heavy atom. The molecule has 0 saturated carbocycles. The molecule has 1 aliphatic rings. The van der Waals surface area contributed by atoms with Gasteiger partial charge < -0.3 is 5.11 Å². The van der Waals surface area contributed by atoms with Crippen molar-refractivity contribution in [3.63, 3.8) is 0 Å². The summed E-state index contributed by atoms with van der Waals surface area (Å²) >= 11 is 0. The van der Waals surface area contributed by atoms with Gasteiger partial charge in [-0.15, -0.1) is 0 Å². The summed E-state index contributed by atoms with van der Waals surface area (Å²) in [7, 11) is 0. The number of hydrogen-bond donors (Lipinski definition) is 1. The van der Waals surface area contributed by atoms with Crippen molar-refractivity contribution in [2.75, 3.05) is 13.1 Å². The second kappa shape index (κ2) is 6.20. The molecular formula is C16H23NO2. The van der Waals surface area contributed by atoms with E-state index in [1.807, 2.05) is 0 Å². The van der Waals surface area contributed by atoms with E-state index in [-0.39, 0.29) is 0 Å². The van der Waals surface area contributed by atoms with Crippen LogP contribution in [0.15, 0.2) is 24.3 Å². The van der Waals surface area contributed by atoms with Crippen molar-refractivity contribution in [1.29, 1.82) is 0 Å². The van der Waals surface area contributed by atoms with Crippen LogP contribution in [0.3, 0.4) is 0 Å². The summed E-state index contributed by atoms with van der Waals surface area (Å²) in [5, 5.41) is 8.79. The lowest BCUT2D eigenvalue weighted by atomic mass is 9.90. The summed E-state index contributed by atoms with van der Waals surface area (Å²) in [6, 6.07) is 9.28. The molecule has 0 aliphatic carbocycles. The van der Waals surface area contributed by atoms with Crippen LogP contribution < -0.4 is 0 Å². The number of aryl methyl sites for hydroxylation is 1. The molecule has 0 radical (unpaired) electrons. The smallest absolute Gasteiger partial charge is 0.303 e. The fourth-order valence-electron chi connectivity index (χ4n) is 2.92. The Morgan fingerprint density at radius 3 is 2.42 bits per heavy atom. The molecule has 1 unspecified atom stereocenters. The van der Waals surface area contributed by atoms with E-state index in [4.69, 9.17) is 5.11 Å². The van der Waals surface area contributed by atoms with Crippen LogP contribution in [0.5, 0.6) is 0 Å². The van der Waals surface area contributed by atoms with Gasteiger partial charge in [-0.05, 0) is 29.9 Å². The van der Waals surface area contributed by atoms with Gasteiger partial charge in [0.25, 0.3) is 0 Å². The Bertz CT molecular complexity index is 421. The monoisotopic (exact) mass is 261 g/mol. The van der Waals surface area contributed by atoms with Gasteiger partial charge in [0.1, 0.15) is 0 Å². The number of carbonyl (C=O) groups is 1. The van der Waals surface area contributed by atoms with Crippen molar-refractivity contribution < 1.29 is 9.90 Å². The first kappa shape index (κ1) is 14.1. The van der Waals surface area contributed by atoms with Crippen molar-refractivity contribution in [1.82, 2.24) is 4.90 Å². The Balaban J connectivity index is 1.95. The maximum atomic E-state index is 10.7. The minimum absolute atomic E-state index is 0.307. The first-order valence-electron chi connectivity index (χ1n) is 7.18. The summed E-state index contributed by atoms with van der Waals surface area (Å²) < 4.78 is 0. The number of aliphatic carboxylic acids is 1. The third-order valence-electron chi connectivity index (χ3n) is 4.05. The summed E-state index contributed by atoms with van der Waals surface area (Å²) in [6.07, 6.45) is 2.45. The van der Waals surface area contributed by atoms with Gasteiger partial charge in [0, 0.05) is 19.1 Å². The van der Waals surface area contributed by atoms with Gasteiger partial charge in [-0.1, -0.05) is 38.1 Å². The molecule has 3 heteroatoms. The topological polar surface area (TPSA) is 40.5 Å². The van der Waals surface area contributed by atoms with Crippen molar-refractivity contribution >= 4 is 5.97 Å². The Hall–Kier alpha value is -1.35. The third-order valence-corrected chi connectivity index (χ3v) is 4.05. The van der Waals surface area contributed by atoms with Gasteiger partial charge in [0.05, 0.1) is 6.42 Å². The zero-order valence-electron chi connectivity index (χ0n) is 11.8. The zero-order chi connectivity index (χ0) is 13.8. The van der Waals surface area contributed by atoms with E-state index < -0.39 is 5.97 Å². The molecular weight excluding hydrogens is 238 g/mol. The molecule has 19 heavy (non-hydrogen) atoms. The van der Waals surface area contributed by atoms with Gasteiger partial charge in [-0.25, -0.2) is 0 Å². The number of hydrogen-bond acceptors (Lipinski definition) is 2. The summed E-state index contributed by atoms with van der Waals surface area (Å²) in [5.74, 6) is -0.341. The predicted octanol–water partition coefficient (Wildman–Crippen LogP) is 3.11. The number of carboxylic acids is 1. The number of benzene rings is 1. The predicted molar refractivity (Wildman–Crippen MR) is 76.2 cm³/mol. The van der Waals surface area contributed by atoms with Crippen molar-refractivity contribution in [3.8, 4) is 0 Å². The van der Waals surface area contributed by atoms with Crippen molar-refractivity contribution in [3.05, 3.63) is 35.4 Å². The molecule has 1 atom stereocenters. The largest absolute Gasteiger partial charge is 0.481 e. The summed E-state index contributed by atoms with van der Waals surface area (Å²) in [4.78, 5) is 13.1. The number of likely N-dealkylation sites (tertiary alicyclic amines) is 1. The summed E-state index contributed by atoms with van der Waals surface area (Å²) in [6.45, 7) is 6.20. The second-order valence-electron chi connectivity index (χ2n) is 5.44. The highest BCUT2D eigenvalue weighted by atomic mass is 16.4. The van der Waals surface area contributed by atoms with Crippen LogP contribution in [0.4, 0.5) is 0 Å². The highest BCUT2D eigenvalue weighted by Crippen LogP contribution is 2.32. The van der Waals surface area contributed by atoms with Gasteiger partial charge >= 0.3 is 5.97 Å². The average molecular weight is 261 g/mol. The molecule has 1 aliphatic heterocycles. The molecule has 1 N–H and O–H groups in total. The Labute approximate surface area is 115 Å². The van der Waals surface area contributed by atoms with Crippen LogP contribution in [0, 0.1) is 5.92 Å². The van der Waals surface area contributed by atoms with E-state index in [9.17, 15) is 4.79 Å². The van der Waals surface area contributed by atoms with Crippen LogP contribution in [0.2, 0.25) is 0 Å². The number of carboxylic acid groups (broad SMARTS) is 1. The van der Waals surface area contributed by atoms with Gasteiger partial charge in [-0.2, -0.15) is 0 Å². The average Bonchev–Trinajstić information content (AvgIpc) is 2.37. The third kappa shape index (κ3) is 3.35. The zero-order valence-corrected chi connectivity index (χ0v) is 11.8. The molecule has 1 aromatic rings. The van der Waals surface area contributed by atoms with E-state index in [1.54, 1.807) is 0 Å². The lowest BCUT2D eigenvalue weighted by Gasteiger charge is -2.44. The molecule has 1 saturated heterocycles. The quantitative estimate of drug-likeness (QED) is 0.855. The van der Waals surface area contributed by atoms with E-state index >= 15 is 0 Å². The lowest BCUT2D eigenvalue weighted by molar-refractivity contribution is -0.139. The molecule has 0 spiro atoms. The highest BCUT2D eigenvalue weighted by Gasteiger charge is 2.33. The van der Waals surface area contributed by atoms with E-state index in [0.29, 0.717) is 18.4 Å². The lowest BCUT2D eigenvalue weighted by Crippen LogP contribution is -2.49. The standard InChI is InChI=1S/C16H23NO2/c1-3-12-5-7-14(8-6-12)15(4-2)17-10-13(11-17)9-16(18)19/h5-8,13,15H,3-4,9-11H2,1-2H3,(H,18,19). The van der Waals surface area contributed by atoms with Crippen LogP contribution in [0.25, 0.3) is 0 Å². The van der Waals surface area contributed by atoms with E-state index in [0.717, 1.165) is 25.9 Å². The fourth-order valence-corrected chi connectivity index (χ4v) is 2.92. The minimum Gasteiger partial charge on any atom is -0.481 e. The van der Waals surface area contributed by atoms with E-state index in [2.05, 4.69) is 43.0 Å². The maximum Gasteiger partial charge on any atom is 0.303 e. The van der Waals surface area contributed by atoms with Gasteiger partial charge in [0.2, 0.25) is 0 Å². The fraction of sp³-hybridized carbons (Fsp3) is 0.562. The van der Waals surface area contributed by atoms with Gasteiger partial charge in [0.15, 0.2) is 0 Å². The summed E-state index contributed by atoms with van der Waals surface area (Å²) in [5.41, 5.74) is 2.72.